The van der Waals surface area contributed by atoms with Crippen LogP contribution in [0.25, 0.3) is 0 Å². The zero-order chi connectivity index (χ0) is 16.9. The molecule has 5 heteroatoms. The van der Waals surface area contributed by atoms with Gasteiger partial charge in [0.2, 0.25) is 11.8 Å². The Kier molecular flexibility index (Phi) is 5.72. The minimum Gasteiger partial charge on any atom is -0.481 e. The van der Waals surface area contributed by atoms with Crippen molar-refractivity contribution in [2.24, 2.45) is 5.92 Å². The first-order valence-corrected chi connectivity index (χ1v) is 9.08. The highest BCUT2D eigenvalue weighted by Crippen LogP contribution is 2.38. The van der Waals surface area contributed by atoms with E-state index >= 15 is 0 Å². The molecular formula is C19H28N2O3. The maximum atomic E-state index is 11.5. The second kappa shape index (κ2) is 7.97. The van der Waals surface area contributed by atoms with Gasteiger partial charge in [0.25, 0.3) is 0 Å². The fourth-order valence-corrected chi connectivity index (χ4v) is 4.09. The molecule has 0 aromatic carbocycles. The van der Waals surface area contributed by atoms with E-state index in [1.165, 1.54) is 32.1 Å². The van der Waals surface area contributed by atoms with Crippen LogP contribution in [0, 0.1) is 5.92 Å². The third-order valence-electron chi connectivity index (χ3n) is 5.28. The molecule has 1 aromatic rings. The lowest BCUT2D eigenvalue weighted by molar-refractivity contribution is -0.124. The lowest BCUT2D eigenvalue weighted by atomic mass is 9.80. The third kappa shape index (κ3) is 4.26. The van der Waals surface area contributed by atoms with Crippen molar-refractivity contribution >= 4 is 5.91 Å². The molecule has 1 aromatic heterocycles. The fourth-order valence-electron chi connectivity index (χ4n) is 4.09. The standard InChI is InChI=1S/C19H28N2O3/c1-13(22)21-16-10-17(14-6-4-3-5-7-14)24-18(11-16)15-8-9-19(23-2)20-12-15/h8-9,12,14,16-18H,3-7,10-11H2,1-2H3,(H,21,22)/t16-,17-,18+/m0/s1. The van der Waals surface area contributed by atoms with E-state index < -0.39 is 0 Å². The van der Waals surface area contributed by atoms with Crippen molar-refractivity contribution in [1.82, 2.24) is 10.3 Å². The summed E-state index contributed by atoms with van der Waals surface area (Å²) in [6, 6.07) is 4.07. The Bertz CT molecular complexity index is 540. The van der Waals surface area contributed by atoms with E-state index in [9.17, 15) is 4.79 Å². The molecule has 3 rings (SSSR count). The van der Waals surface area contributed by atoms with Crippen molar-refractivity contribution in [1.29, 1.82) is 0 Å². The van der Waals surface area contributed by atoms with Crippen molar-refractivity contribution in [2.75, 3.05) is 7.11 Å². The van der Waals surface area contributed by atoms with Crippen molar-refractivity contribution in [3.05, 3.63) is 23.9 Å². The van der Waals surface area contributed by atoms with E-state index in [-0.39, 0.29) is 24.2 Å². The largest absolute Gasteiger partial charge is 0.481 e. The van der Waals surface area contributed by atoms with Crippen LogP contribution in [0.3, 0.4) is 0 Å². The van der Waals surface area contributed by atoms with Crippen LogP contribution in [0.1, 0.15) is 63.5 Å². The maximum absolute atomic E-state index is 11.5. The highest BCUT2D eigenvalue weighted by Gasteiger charge is 2.35. The number of amides is 1. The van der Waals surface area contributed by atoms with Gasteiger partial charge in [-0.2, -0.15) is 0 Å². The molecule has 3 atom stereocenters. The molecule has 1 amide bonds. The number of aromatic nitrogens is 1. The van der Waals surface area contributed by atoms with Gasteiger partial charge in [-0.05, 0) is 43.2 Å². The second-order valence-electron chi connectivity index (χ2n) is 7.06. The Labute approximate surface area is 144 Å². The van der Waals surface area contributed by atoms with Gasteiger partial charge in [0, 0.05) is 25.2 Å². The first-order valence-electron chi connectivity index (χ1n) is 9.08. The maximum Gasteiger partial charge on any atom is 0.217 e. The lowest BCUT2D eigenvalue weighted by Gasteiger charge is -2.40. The number of methoxy groups -OCH3 is 1. The molecule has 5 nitrogen and oxygen atoms in total. The molecule has 24 heavy (non-hydrogen) atoms. The molecule has 0 unspecified atom stereocenters. The third-order valence-corrected chi connectivity index (χ3v) is 5.28. The molecular weight excluding hydrogens is 304 g/mol. The molecule has 2 heterocycles. The summed E-state index contributed by atoms with van der Waals surface area (Å²) >= 11 is 0. The molecule has 0 spiro atoms. The molecule has 132 valence electrons. The summed E-state index contributed by atoms with van der Waals surface area (Å²) in [5, 5.41) is 3.11. The number of nitrogens with one attached hydrogen (secondary N) is 1. The zero-order valence-corrected chi connectivity index (χ0v) is 14.7. The van der Waals surface area contributed by atoms with Crippen LogP contribution in [0.4, 0.5) is 0 Å². The van der Waals surface area contributed by atoms with Gasteiger partial charge in [-0.15, -0.1) is 0 Å². The minimum absolute atomic E-state index is 0.0130. The highest BCUT2D eigenvalue weighted by atomic mass is 16.5. The van der Waals surface area contributed by atoms with Crippen LogP contribution in [0.15, 0.2) is 18.3 Å². The average Bonchev–Trinajstić information content (AvgIpc) is 2.62. The monoisotopic (exact) mass is 332 g/mol. The van der Waals surface area contributed by atoms with E-state index in [0.717, 1.165) is 18.4 Å². The topological polar surface area (TPSA) is 60.5 Å². The summed E-state index contributed by atoms with van der Waals surface area (Å²) in [7, 11) is 1.62. The fraction of sp³-hybridized carbons (Fsp3) is 0.684. The highest BCUT2D eigenvalue weighted by molar-refractivity contribution is 5.73. The van der Waals surface area contributed by atoms with Gasteiger partial charge in [-0.3, -0.25) is 4.79 Å². The Hall–Kier alpha value is -1.62. The number of ether oxygens (including phenoxy) is 2. The summed E-state index contributed by atoms with van der Waals surface area (Å²) in [4.78, 5) is 15.8. The van der Waals surface area contributed by atoms with E-state index in [2.05, 4.69) is 10.3 Å². The SMILES string of the molecule is COc1ccc([C@H]2C[C@@H](NC(C)=O)C[C@@H](C3CCCCC3)O2)cn1. The second-order valence-corrected chi connectivity index (χ2v) is 7.06. The molecule has 2 fully saturated rings. The summed E-state index contributed by atoms with van der Waals surface area (Å²) in [5.41, 5.74) is 1.06. The zero-order valence-electron chi connectivity index (χ0n) is 14.7. The van der Waals surface area contributed by atoms with Gasteiger partial charge in [-0.25, -0.2) is 4.98 Å². The average molecular weight is 332 g/mol. The Morgan fingerprint density at radius 3 is 2.67 bits per heavy atom. The van der Waals surface area contributed by atoms with Crippen LogP contribution in [0.5, 0.6) is 5.88 Å². The first kappa shape index (κ1) is 17.2. The first-order chi connectivity index (χ1) is 11.7. The number of pyridine rings is 1. The number of rotatable bonds is 4. The Morgan fingerprint density at radius 2 is 2.04 bits per heavy atom. The van der Waals surface area contributed by atoms with Crippen LogP contribution in [-0.4, -0.2) is 30.1 Å². The number of carbonyl (C=O) groups is 1. The lowest BCUT2D eigenvalue weighted by Crippen LogP contribution is -2.44. The van der Waals surface area contributed by atoms with E-state index in [1.807, 2.05) is 18.3 Å². The molecule has 1 aliphatic carbocycles. The summed E-state index contributed by atoms with van der Waals surface area (Å²) < 4.78 is 11.6. The number of hydrogen-bond donors (Lipinski definition) is 1. The van der Waals surface area contributed by atoms with Gasteiger partial charge in [0.05, 0.1) is 19.3 Å². The minimum atomic E-state index is -0.0130. The van der Waals surface area contributed by atoms with Crippen LogP contribution in [-0.2, 0) is 9.53 Å². The van der Waals surface area contributed by atoms with Gasteiger partial charge >= 0.3 is 0 Å². The molecule has 0 radical (unpaired) electrons. The van der Waals surface area contributed by atoms with Crippen LogP contribution in [0.2, 0.25) is 0 Å². The van der Waals surface area contributed by atoms with E-state index in [4.69, 9.17) is 9.47 Å². The van der Waals surface area contributed by atoms with Crippen LogP contribution >= 0.6 is 0 Å². The van der Waals surface area contributed by atoms with Crippen molar-refractivity contribution < 1.29 is 14.3 Å². The van der Waals surface area contributed by atoms with Crippen LogP contribution < -0.4 is 10.1 Å². The Balaban J connectivity index is 1.74. The number of carbonyl (C=O) groups excluding carboxylic acids is 1. The molecule has 1 aliphatic heterocycles. The summed E-state index contributed by atoms with van der Waals surface area (Å²) in [6.07, 6.45) is 10.2. The summed E-state index contributed by atoms with van der Waals surface area (Å²) in [5.74, 6) is 1.26. The molecule has 0 bridgehead atoms. The molecule has 1 saturated carbocycles. The van der Waals surface area contributed by atoms with Crippen molar-refractivity contribution in [2.45, 2.75) is 70.1 Å². The molecule has 1 saturated heterocycles. The van der Waals surface area contributed by atoms with Crippen molar-refractivity contribution in [3.8, 4) is 5.88 Å². The quantitative estimate of drug-likeness (QED) is 0.918. The Morgan fingerprint density at radius 1 is 1.25 bits per heavy atom. The van der Waals surface area contributed by atoms with Gasteiger partial charge in [0.1, 0.15) is 0 Å². The summed E-state index contributed by atoms with van der Waals surface area (Å²) in [6.45, 7) is 1.59. The van der Waals surface area contributed by atoms with E-state index in [0.29, 0.717) is 11.8 Å². The predicted octanol–water partition coefficient (Wildman–Crippen LogP) is 3.40. The molecule has 2 aliphatic rings. The number of hydrogen-bond acceptors (Lipinski definition) is 4. The van der Waals surface area contributed by atoms with Gasteiger partial charge < -0.3 is 14.8 Å². The normalized spacial score (nSPS) is 28.3. The van der Waals surface area contributed by atoms with Crippen molar-refractivity contribution in [3.63, 3.8) is 0 Å². The predicted molar refractivity (Wildman–Crippen MR) is 91.8 cm³/mol. The smallest absolute Gasteiger partial charge is 0.217 e. The van der Waals surface area contributed by atoms with Gasteiger partial charge in [0.15, 0.2) is 0 Å². The van der Waals surface area contributed by atoms with Gasteiger partial charge in [-0.1, -0.05) is 19.3 Å². The number of nitrogens with zero attached hydrogens (tertiary/aromatic N) is 1. The van der Waals surface area contributed by atoms with E-state index in [1.54, 1.807) is 14.0 Å². The molecule has 1 N–H and O–H groups in total.